The average Bonchev–Trinajstić information content (AvgIpc) is 2.38. The van der Waals surface area contributed by atoms with Crippen molar-refractivity contribution in [1.29, 1.82) is 0 Å². The van der Waals surface area contributed by atoms with Crippen LogP contribution in [-0.4, -0.2) is 35.4 Å². The van der Waals surface area contributed by atoms with Gasteiger partial charge in [-0.15, -0.1) is 0 Å². The predicted molar refractivity (Wildman–Crippen MR) is 69.5 cm³/mol. The fourth-order valence-electron chi connectivity index (χ4n) is 1.57. The van der Waals surface area contributed by atoms with Gasteiger partial charge in [-0.3, -0.25) is 14.9 Å². The topological polar surface area (TPSA) is 75.5 Å². The summed E-state index contributed by atoms with van der Waals surface area (Å²) < 4.78 is 0. The molecule has 0 aliphatic rings. The third-order valence-electron chi connectivity index (χ3n) is 2.64. The molecule has 18 heavy (non-hydrogen) atoms. The number of likely N-dealkylation sites (N-methyl/N-ethyl adjacent to an activating group) is 1. The molecular weight excluding hydrogens is 234 g/mol. The van der Waals surface area contributed by atoms with E-state index in [4.69, 9.17) is 0 Å². The molecule has 0 bridgehead atoms. The summed E-state index contributed by atoms with van der Waals surface area (Å²) in [4.78, 5) is 23.4. The van der Waals surface area contributed by atoms with E-state index in [0.717, 1.165) is 0 Å². The van der Waals surface area contributed by atoms with Crippen LogP contribution in [0.25, 0.3) is 0 Å². The highest BCUT2D eigenvalue weighted by molar-refractivity contribution is 5.80. The van der Waals surface area contributed by atoms with Crippen LogP contribution in [0.1, 0.15) is 13.8 Å². The van der Waals surface area contributed by atoms with E-state index < -0.39 is 4.92 Å². The van der Waals surface area contributed by atoms with Crippen LogP contribution in [0.3, 0.4) is 0 Å². The summed E-state index contributed by atoms with van der Waals surface area (Å²) in [5, 5.41) is 13.4. The van der Waals surface area contributed by atoms with Crippen LogP contribution < -0.4 is 5.32 Å². The van der Waals surface area contributed by atoms with Crippen LogP contribution in [-0.2, 0) is 4.79 Å². The third-order valence-corrected chi connectivity index (χ3v) is 2.64. The highest BCUT2D eigenvalue weighted by Crippen LogP contribution is 2.15. The molecule has 6 heteroatoms. The van der Waals surface area contributed by atoms with Crippen molar-refractivity contribution in [2.45, 2.75) is 13.8 Å². The van der Waals surface area contributed by atoms with E-state index in [-0.39, 0.29) is 18.1 Å². The van der Waals surface area contributed by atoms with Crippen molar-refractivity contribution < 1.29 is 9.72 Å². The lowest BCUT2D eigenvalue weighted by Crippen LogP contribution is -2.35. The molecule has 1 aromatic rings. The molecule has 1 aromatic carbocycles. The number of nitro groups is 1. The minimum atomic E-state index is -0.454. The molecule has 1 amide bonds. The predicted octanol–water partition coefficient (Wildman–Crippen LogP) is 1.88. The smallest absolute Gasteiger partial charge is 0.269 e. The number of benzene rings is 1. The lowest BCUT2D eigenvalue weighted by Gasteiger charge is -2.19. The molecule has 1 N–H and O–H groups in total. The Kier molecular flexibility index (Phi) is 5.10. The summed E-state index contributed by atoms with van der Waals surface area (Å²) >= 11 is 0. The van der Waals surface area contributed by atoms with Gasteiger partial charge in [0.1, 0.15) is 0 Å². The molecule has 0 spiro atoms. The molecule has 0 saturated heterocycles. The number of nitro benzene ring substituents is 1. The van der Waals surface area contributed by atoms with Crippen LogP contribution in [0.5, 0.6) is 0 Å². The van der Waals surface area contributed by atoms with Crippen LogP contribution in [0.15, 0.2) is 24.3 Å². The van der Waals surface area contributed by atoms with Gasteiger partial charge in [-0.05, 0) is 26.0 Å². The zero-order valence-corrected chi connectivity index (χ0v) is 10.5. The number of hydrogen-bond donors (Lipinski definition) is 1. The first kappa shape index (κ1) is 14.0. The summed E-state index contributed by atoms with van der Waals surface area (Å²) in [5.74, 6) is 0.0124. The van der Waals surface area contributed by atoms with Crippen molar-refractivity contribution in [3.05, 3.63) is 34.4 Å². The molecule has 0 unspecified atom stereocenters. The van der Waals surface area contributed by atoms with Gasteiger partial charge in [0.25, 0.3) is 5.69 Å². The maximum absolute atomic E-state index is 11.7. The second kappa shape index (κ2) is 6.58. The normalized spacial score (nSPS) is 9.89. The molecule has 0 heterocycles. The van der Waals surface area contributed by atoms with E-state index in [9.17, 15) is 14.9 Å². The summed E-state index contributed by atoms with van der Waals surface area (Å²) in [6.45, 7) is 5.40. The van der Waals surface area contributed by atoms with Gasteiger partial charge >= 0.3 is 0 Å². The van der Waals surface area contributed by atoms with Gasteiger partial charge in [0.2, 0.25) is 5.91 Å². The fraction of sp³-hybridized carbons (Fsp3) is 0.417. The summed E-state index contributed by atoms with van der Waals surface area (Å²) in [6.07, 6.45) is 0. The molecule has 98 valence electrons. The van der Waals surface area contributed by atoms with Gasteiger partial charge in [0.05, 0.1) is 11.5 Å². The first-order valence-corrected chi connectivity index (χ1v) is 5.84. The van der Waals surface area contributed by atoms with Crippen molar-refractivity contribution in [3.8, 4) is 0 Å². The van der Waals surface area contributed by atoms with E-state index in [1.807, 2.05) is 13.8 Å². The van der Waals surface area contributed by atoms with Crippen molar-refractivity contribution in [2.24, 2.45) is 0 Å². The Morgan fingerprint density at radius 1 is 1.28 bits per heavy atom. The lowest BCUT2D eigenvalue weighted by atomic mass is 10.3. The number of carbonyl (C=O) groups excluding carboxylic acids is 1. The molecule has 0 aliphatic heterocycles. The largest absolute Gasteiger partial charge is 0.376 e. The Bertz CT molecular complexity index is 413. The van der Waals surface area contributed by atoms with Crippen LogP contribution >= 0.6 is 0 Å². The van der Waals surface area contributed by atoms with E-state index >= 15 is 0 Å². The van der Waals surface area contributed by atoms with Crippen LogP contribution in [0.2, 0.25) is 0 Å². The quantitative estimate of drug-likeness (QED) is 0.618. The van der Waals surface area contributed by atoms with E-state index in [1.54, 1.807) is 17.0 Å². The maximum Gasteiger partial charge on any atom is 0.269 e. The Hall–Kier alpha value is -2.11. The number of nitrogens with one attached hydrogen (secondary N) is 1. The Balaban J connectivity index is 2.53. The number of hydrogen-bond acceptors (Lipinski definition) is 4. The second-order valence-corrected chi connectivity index (χ2v) is 3.72. The van der Waals surface area contributed by atoms with Crippen LogP contribution in [0, 0.1) is 10.1 Å². The zero-order valence-electron chi connectivity index (χ0n) is 10.5. The van der Waals surface area contributed by atoms with Gasteiger partial charge < -0.3 is 10.2 Å². The second-order valence-electron chi connectivity index (χ2n) is 3.72. The van der Waals surface area contributed by atoms with Crippen molar-refractivity contribution in [2.75, 3.05) is 25.0 Å². The van der Waals surface area contributed by atoms with E-state index in [1.165, 1.54) is 12.1 Å². The molecule has 0 fully saturated rings. The molecule has 0 aromatic heterocycles. The van der Waals surface area contributed by atoms with Gasteiger partial charge in [0.15, 0.2) is 0 Å². The first-order chi connectivity index (χ1) is 8.58. The molecule has 6 nitrogen and oxygen atoms in total. The van der Waals surface area contributed by atoms with E-state index in [0.29, 0.717) is 18.8 Å². The number of anilines is 1. The number of nitrogens with zero attached hydrogens (tertiary/aromatic N) is 2. The van der Waals surface area contributed by atoms with Crippen molar-refractivity contribution in [3.63, 3.8) is 0 Å². The first-order valence-electron chi connectivity index (χ1n) is 5.84. The molecule has 1 rings (SSSR count). The number of rotatable bonds is 6. The highest BCUT2D eigenvalue weighted by atomic mass is 16.6. The molecule has 0 radical (unpaired) electrons. The van der Waals surface area contributed by atoms with Crippen molar-refractivity contribution in [1.82, 2.24) is 4.90 Å². The Labute approximate surface area is 106 Å². The molecule has 0 saturated carbocycles. The van der Waals surface area contributed by atoms with Gasteiger partial charge in [-0.1, -0.05) is 0 Å². The third kappa shape index (κ3) is 3.73. The summed E-state index contributed by atoms with van der Waals surface area (Å²) in [5.41, 5.74) is 0.733. The molecule has 0 atom stereocenters. The van der Waals surface area contributed by atoms with Crippen molar-refractivity contribution >= 4 is 17.3 Å². The summed E-state index contributed by atoms with van der Waals surface area (Å²) in [7, 11) is 0. The number of non-ortho nitro benzene ring substituents is 1. The SMILES string of the molecule is CCN(CC)C(=O)CNc1ccc([N+](=O)[O-])cc1. The van der Waals surface area contributed by atoms with Crippen LogP contribution in [0.4, 0.5) is 11.4 Å². The lowest BCUT2D eigenvalue weighted by molar-refractivity contribution is -0.384. The zero-order chi connectivity index (χ0) is 13.5. The Morgan fingerprint density at radius 3 is 2.28 bits per heavy atom. The fourth-order valence-corrected chi connectivity index (χ4v) is 1.57. The number of amides is 1. The van der Waals surface area contributed by atoms with Gasteiger partial charge in [0, 0.05) is 30.9 Å². The van der Waals surface area contributed by atoms with Gasteiger partial charge in [-0.2, -0.15) is 0 Å². The minimum Gasteiger partial charge on any atom is -0.376 e. The van der Waals surface area contributed by atoms with Gasteiger partial charge in [-0.25, -0.2) is 0 Å². The average molecular weight is 251 g/mol. The monoisotopic (exact) mass is 251 g/mol. The van der Waals surface area contributed by atoms with E-state index in [2.05, 4.69) is 5.32 Å². The summed E-state index contributed by atoms with van der Waals surface area (Å²) in [6, 6.07) is 6.00. The highest BCUT2D eigenvalue weighted by Gasteiger charge is 2.09. The molecule has 0 aliphatic carbocycles. The maximum atomic E-state index is 11.7. The standard InChI is InChI=1S/C12H17N3O3/c1-3-14(4-2)12(16)9-13-10-5-7-11(8-6-10)15(17)18/h5-8,13H,3-4,9H2,1-2H3. The Morgan fingerprint density at radius 2 is 1.83 bits per heavy atom. The minimum absolute atomic E-state index is 0.0124. The number of carbonyl (C=O) groups is 1. The molecular formula is C12H17N3O3.